The van der Waals surface area contributed by atoms with Crippen LogP contribution < -0.4 is 5.32 Å². The number of pyridine rings is 1. The Labute approximate surface area is 128 Å². The number of rotatable bonds is 3. The lowest BCUT2D eigenvalue weighted by Gasteiger charge is -2.25. The third-order valence-corrected chi connectivity index (χ3v) is 5.13. The van der Waals surface area contributed by atoms with Crippen LogP contribution in [0.3, 0.4) is 0 Å². The van der Waals surface area contributed by atoms with Gasteiger partial charge in [0.1, 0.15) is 6.04 Å². The van der Waals surface area contributed by atoms with E-state index >= 15 is 0 Å². The first-order chi connectivity index (χ1) is 10.3. The number of hydrogen-bond acceptors (Lipinski definition) is 4. The highest BCUT2D eigenvalue weighted by atomic mass is 32.2. The van der Waals surface area contributed by atoms with Crippen LogP contribution in [0.4, 0.5) is 5.69 Å². The molecule has 2 fully saturated rings. The van der Waals surface area contributed by atoms with Gasteiger partial charge in [0.15, 0.2) is 0 Å². The van der Waals surface area contributed by atoms with Crippen molar-refractivity contribution in [2.45, 2.75) is 31.7 Å². The van der Waals surface area contributed by atoms with Gasteiger partial charge in [0.05, 0.1) is 5.88 Å². The Hall–Kier alpha value is -1.56. The molecule has 1 atom stereocenters. The van der Waals surface area contributed by atoms with Crippen molar-refractivity contribution in [3.63, 3.8) is 0 Å². The lowest BCUT2D eigenvalue weighted by molar-refractivity contribution is -0.139. The van der Waals surface area contributed by atoms with E-state index in [-0.39, 0.29) is 23.8 Å². The molecular weight excluding hydrogens is 286 g/mol. The van der Waals surface area contributed by atoms with Gasteiger partial charge in [-0.05, 0) is 25.0 Å². The van der Waals surface area contributed by atoms with Gasteiger partial charge in [0, 0.05) is 29.8 Å². The fraction of sp³-hybridized carbons (Fsp3) is 0.533. The van der Waals surface area contributed by atoms with E-state index in [0.29, 0.717) is 11.6 Å². The Balaban J connectivity index is 1.65. The maximum absolute atomic E-state index is 12.5. The molecule has 1 aromatic rings. The molecule has 0 bridgehead atoms. The number of anilines is 1. The number of hydrogen-bond donors (Lipinski definition) is 1. The number of amides is 2. The van der Waals surface area contributed by atoms with Gasteiger partial charge in [-0.2, -0.15) is 0 Å². The first-order valence-corrected chi connectivity index (χ1v) is 8.50. The van der Waals surface area contributed by atoms with Gasteiger partial charge >= 0.3 is 0 Å². The molecule has 1 saturated heterocycles. The molecule has 0 aromatic carbocycles. The van der Waals surface area contributed by atoms with Crippen LogP contribution in [-0.4, -0.2) is 39.4 Å². The molecule has 2 aliphatic rings. The SMILES string of the molecule is O=C(Nc1ccncc1)[C@@H]1CSCN1C(=O)C1CCCC1. The summed E-state index contributed by atoms with van der Waals surface area (Å²) in [5.41, 5.74) is 0.722. The first-order valence-electron chi connectivity index (χ1n) is 7.35. The highest BCUT2D eigenvalue weighted by molar-refractivity contribution is 7.99. The summed E-state index contributed by atoms with van der Waals surface area (Å²) < 4.78 is 0. The maximum atomic E-state index is 12.5. The summed E-state index contributed by atoms with van der Waals surface area (Å²) in [6, 6.07) is 3.16. The van der Waals surface area contributed by atoms with Crippen molar-refractivity contribution in [3.05, 3.63) is 24.5 Å². The molecule has 1 saturated carbocycles. The molecule has 1 aliphatic heterocycles. The molecule has 1 aromatic heterocycles. The zero-order chi connectivity index (χ0) is 14.7. The van der Waals surface area contributed by atoms with Gasteiger partial charge < -0.3 is 10.2 Å². The van der Waals surface area contributed by atoms with Gasteiger partial charge in [-0.25, -0.2) is 0 Å². The Morgan fingerprint density at radius 3 is 2.67 bits per heavy atom. The molecule has 1 N–H and O–H groups in total. The van der Waals surface area contributed by atoms with E-state index in [1.165, 1.54) is 0 Å². The molecule has 6 heteroatoms. The summed E-state index contributed by atoms with van der Waals surface area (Å²) in [5.74, 6) is 1.49. The minimum atomic E-state index is -0.351. The van der Waals surface area contributed by atoms with Crippen LogP contribution in [0.25, 0.3) is 0 Å². The van der Waals surface area contributed by atoms with Crippen molar-refractivity contribution < 1.29 is 9.59 Å². The number of carbonyl (C=O) groups is 2. The quantitative estimate of drug-likeness (QED) is 0.929. The fourth-order valence-corrected chi connectivity index (χ4v) is 4.11. The van der Waals surface area contributed by atoms with Crippen molar-refractivity contribution in [3.8, 4) is 0 Å². The van der Waals surface area contributed by atoms with Crippen LogP contribution in [0.5, 0.6) is 0 Å². The second-order valence-electron chi connectivity index (χ2n) is 5.53. The van der Waals surface area contributed by atoms with Crippen LogP contribution in [0.15, 0.2) is 24.5 Å². The number of carbonyl (C=O) groups excluding carboxylic acids is 2. The molecule has 21 heavy (non-hydrogen) atoms. The number of thioether (sulfide) groups is 1. The lowest BCUT2D eigenvalue weighted by atomic mass is 10.1. The maximum Gasteiger partial charge on any atom is 0.248 e. The summed E-state index contributed by atoms with van der Waals surface area (Å²) >= 11 is 1.65. The zero-order valence-corrected chi connectivity index (χ0v) is 12.6. The molecule has 0 spiro atoms. The zero-order valence-electron chi connectivity index (χ0n) is 11.8. The molecule has 1 aliphatic carbocycles. The van der Waals surface area contributed by atoms with E-state index in [1.54, 1.807) is 41.2 Å². The van der Waals surface area contributed by atoms with Crippen molar-refractivity contribution in [1.29, 1.82) is 0 Å². The van der Waals surface area contributed by atoms with Crippen LogP contribution in [-0.2, 0) is 9.59 Å². The molecule has 0 radical (unpaired) electrons. The highest BCUT2D eigenvalue weighted by Gasteiger charge is 2.38. The predicted octanol–water partition coefficient (Wildman–Crippen LogP) is 2.11. The van der Waals surface area contributed by atoms with Crippen LogP contribution in [0, 0.1) is 5.92 Å². The summed E-state index contributed by atoms with van der Waals surface area (Å²) in [7, 11) is 0. The Morgan fingerprint density at radius 2 is 1.95 bits per heavy atom. The van der Waals surface area contributed by atoms with E-state index in [4.69, 9.17) is 0 Å². The molecule has 2 amide bonds. The van der Waals surface area contributed by atoms with E-state index in [1.807, 2.05) is 0 Å². The third-order valence-electron chi connectivity index (χ3n) is 4.12. The third kappa shape index (κ3) is 3.20. The van der Waals surface area contributed by atoms with Gasteiger partial charge in [0.2, 0.25) is 11.8 Å². The van der Waals surface area contributed by atoms with E-state index in [2.05, 4.69) is 10.3 Å². The van der Waals surface area contributed by atoms with Gasteiger partial charge in [-0.1, -0.05) is 12.8 Å². The van der Waals surface area contributed by atoms with Crippen LogP contribution in [0.1, 0.15) is 25.7 Å². The van der Waals surface area contributed by atoms with Crippen LogP contribution >= 0.6 is 11.8 Å². The number of nitrogens with zero attached hydrogens (tertiary/aromatic N) is 2. The van der Waals surface area contributed by atoms with Crippen molar-refractivity contribution in [1.82, 2.24) is 9.88 Å². The monoisotopic (exact) mass is 305 g/mol. The summed E-state index contributed by atoms with van der Waals surface area (Å²) in [5, 5.41) is 2.87. The van der Waals surface area contributed by atoms with Gasteiger partial charge in [0.25, 0.3) is 0 Å². The molecule has 3 rings (SSSR count). The van der Waals surface area contributed by atoms with E-state index in [0.717, 1.165) is 31.4 Å². The van der Waals surface area contributed by atoms with E-state index < -0.39 is 0 Å². The average Bonchev–Trinajstić information content (AvgIpc) is 3.19. The number of nitrogens with one attached hydrogen (secondary N) is 1. The lowest BCUT2D eigenvalue weighted by Crippen LogP contribution is -2.46. The fourth-order valence-electron chi connectivity index (χ4n) is 2.95. The minimum Gasteiger partial charge on any atom is -0.324 e. The largest absolute Gasteiger partial charge is 0.324 e. The van der Waals surface area contributed by atoms with Crippen LogP contribution in [0.2, 0.25) is 0 Å². The molecule has 5 nitrogen and oxygen atoms in total. The van der Waals surface area contributed by atoms with E-state index in [9.17, 15) is 9.59 Å². The highest BCUT2D eigenvalue weighted by Crippen LogP contribution is 2.31. The predicted molar refractivity (Wildman–Crippen MR) is 82.8 cm³/mol. The molecule has 2 heterocycles. The molecular formula is C15H19N3O2S. The second-order valence-corrected chi connectivity index (χ2v) is 6.53. The standard InChI is InChI=1S/C15H19N3O2S/c19-14(17-12-5-7-16-8-6-12)13-9-21-10-18(13)15(20)11-3-1-2-4-11/h5-8,11,13H,1-4,9-10H2,(H,16,17,19)/t13-/m0/s1. The Morgan fingerprint density at radius 1 is 1.24 bits per heavy atom. The number of aromatic nitrogens is 1. The molecule has 112 valence electrons. The Bertz CT molecular complexity index is 517. The van der Waals surface area contributed by atoms with Gasteiger partial charge in [-0.15, -0.1) is 11.8 Å². The molecule has 0 unspecified atom stereocenters. The van der Waals surface area contributed by atoms with Crippen molar-refractivity contribution >= 4 is 29.3 Å². The topological polar surface area (TPSA) is 62.3 Å². The van der Waals surface area contributed by atoms with Gasteiger partial charge in [-0.3, -0.25) is 14.6 Å². The van der Waals surface area contributed by atoms with Crippen molar-refractivity contribution in [2.75, 3.05) is 16.9 Å². The smallest absolute Gasteiger partial charge is 0.248 e. The van der Waals surface area contributed by atoms with Crippen molar-refractivity contribution in [2.24, 2.45) is 5.92 Å². The Kier molecular flexibility index (Phi) is 4.43. The average molecular weight is 305 g/mol. The summed E-state index contributed by atoms with van der Waals surface area (Å²) in [6.45, 7) is 0. The second kappa shape index (κ2) is 6.47. The summed E-state index contributed by atoms with van der Waals surface area (Å²) in [6.07, 6.45) is 7.48. The first kappa shape index (κ1) is 14.4. The normalized spacial score (nSPS) is 22.5. The summed E-state index contributed by atoms with van der Waals surface area (Å²) in [4.78, 5) is 30.6. The minimum absolute atomic E-state index is 0.0995.